The standard InChI is InChI=1S/C11H15N3O3/c15-8-9-1-2-10(14(16)17)11(7-9)13-5-3-12-4-6-13/h1-2,7,12,15H,3-6,8H2. The Morgan fingerprint density at radius 3 is 2.71 bits per heavy atom. The summed E-state index contributed by atoms with van der Waals surface area (Å²) >= 11 is 0. The molecule has 0 amide bonds. The summed E-state index contributed by atoms with van der Waals surface area (Å²) in [5, 5.41) is 23.3. The van der Waals surface area contributed by atoms with Crippen molar-refractivity contribution in [3.63, 3.8) is 0 Å². The number of nitro benzene ring substituents is 1. The maximum Gasteiger partial charge on any atom is 0.292 e. The fourth-order valence-corrected chi connectivity index (χ4v) is 1.98. The van der Waals surface area contributed by atoms with E-state index in [1.807, 2.05) is 4.90 Å². The normalized spacial score (nSPS) is 15.9. The molecule has 0 saturated carbocycles. The summed E-state index contributed by atoms with van der Waals surface area (Å²) < 4.78 is 0. The van der Waals surface area contributed by atoms with Crippen LogP contribution in [0.1, 0.15) is 5.56 Å². The average molecular weight is 237 g/mol. The number of nitrogens with one attached hydrogen (secondary N) is 1. The monoisotopic (exact) mass is 237 g/mol. The molecule has 1 aromatic rings. The Morgan fingerprint density at radius 1 is 1.41 bits per heavy atom. The van der Waals surface area contributed by atoms with Gasteiger partial charge in [0.2, 0.25) is 0 Å². The first-order valence-corrected chi connectivity index (χ1v) is 5.56. The first-order chi connectivity index (χ1) is 8.22. The van der Waals surface area contributed by atoms with Gasteiger partial charge in [0.15, 0.2) is 0 Å². The van der Waals surface area contributed by atoms with Gasteiger partial charge in [0.25, 0.3) is 5.69 Å². The van der Waals surface area contributed by atoms with Crippen LogP contribution in [0.15, 0.2) is 18.2 Å². The van der Waals surface area contributed by atoms with Gasteiger partial charge in [0.1, 0.15) is 5.69 Å². The number of piperazine rings is 1. The summed E-state index contributed by atoms with van der Waals surface area (Å²) in [5.41, 5.74) is 1.40. The quantitative estimate of drug-likeness (QED) is 0.591. The van der Waals surface area contributed by atoms with E-state index in [4.69, 9.17) is 5.11 Å². The Morgan fingerprint density at radius 2 is 2.12 bits per heavy atom. The molecule has 1 aliphatic rings. The first kappa shape index (κ1) is 11.8. The lowest BCUT2D eigenvalue weighted by atomic mass is 10.1. The van der Waals surface area contributed by atoms with Gasteiger partial charge in [-0.2, -0.15) is 0 Å². The van der Waals surface area contributed by atoms with Gasteiger partial charge in [0.05, 0.1) is 11.5 Å². The van der Waals surface area contributed by atoms with Crippen LogP contribution in [0, 0.1) is 10.1 Å². The first-order valence-electron chi connectivity index (χ1n) is 5.56. The number of anilines is 1. The van der Waals surface area contributed by atoms with Gasteiger partial charge < -0.3 is 15.3 Å². The fourth-order valence-electron chi connectivity index (χ4n) is 1.98. The number of benzene rings is 1. The van der Waals surface area contributed by atoms with Crippen molar-refractivity contribution in [3.8, 4) is 0 Å². The second-order valence-corrected chi connectivity index (χ2v) is 3.98. The number of aliphatic hydroxyl groups is 1. The molecule has 1 aliphatic heterocycles. The number of hydrogen-bond acceptors (Lipinski definition) is 5. The Bertz CT molecular complexity index is 416. The molecule has 0 aromatic heterocycles. The largest absolute Gasteiger partial charge is 0.392 e. The molecule has 0 radical (unpaired) electrons. The van der Waals surface area contributed by atoms with E-state index in [1.54, 1.807) is 12.1 Å². The zero-order valence-electron chi connectivity index (χ0n) is 9.43. The molecule has 92 valence electrons. The topological polar surface area (TPSA) is 78.6 Å². The highest BCUT2D eigenvalue weighted by molar-refractivity contribution is 5.64. The molecule has 1 fully saturated rings. The van der Waals surface area contributed by atoms with Crippen LogP contribution in [-0.4, -0.2) is 36.2 Å². The molecule has 1 heterocycles. The van der Waals surface area contributed by atoms with Crippen molar-refractivity contribution in [2.24, 2.45) is 0 Å². The Balaban J connectivity index is 2.36. The van der Waals surface area contributed by atoms with Crippen molar-refractivity contribution in [1.29, 1.82) is 0 Å². The molecule has 0 spiro atoms. The van der Waals surface area contributed by atoms with E-state index < -0.39 is 0 Å². The highest BCUT2D eigenvalue weighted by Gasteiger charge is 2.21. The van der Waals surface area contributed by atoms with Gasteiger partial charge in [-0.3, -0.25) is 10.1 Å². The minimum Gasteiger partial charge on any atom is -0.392 e. The van der Waals surface area contributed by atoms with Crippen molar-refractivity contribution < 1.29 is 10.0 Å². The van der Waals surface area contributed by atoms with Crippen molar-refractivity contribution in [2.45, 2.75) is 6.61 Å². The highest BCUT2D eigenvalue weighted by atomic mass is 16.6. The van der Waals surface area contributed by atoms with Gasteiger partial charge in [-0.05, 0) is 17.7 Å². The third-order valence-electron chi connectivity index (χ3n) is 2.88. The number of aliphatic hydroxyl groups excluding tert-OH is 1. The van der Waals surface area contributed by atoms with E-state index >= 15 is 0 Å². The molecule has 1 saturated heterocycles. The molecule has 2 rings (SSSR count). The third kappa shape index (κ3) is 2.54. The van der Waals surface area contributed by atoms with Gasteiger partial charge in [-0.15, -0.1) is 0 Å². The van der Waals surface area contributed by atoms with E-state index in [1.165, 1.54) is 6.07 Å². The van der Waals surface area contributed by atoms with Crippen molar-refractivity contribution >= 4 is 11.4 Å². The minimum absolute atomic E-state index is 0.100. The molecule has 0 unspecified atom stereocenters. The Labute approximate surface area is 99.0 Å². The van der Waals surface area contributed by atoms with Gasteiger partial charge in [-0.1, -0.05) is 0 Å². The van der Waals surface area contributed by atoms with Crippen LogP contribution in [-0.2, 0) is 6.61 Å². The second kappa shape index (κ2) is 5.11. The van der Waals surface area contributed by atoms with Gasteiger partial charge >= 0.3 is 0 Å². The Hall–Kier alpha value is -1.66. The number of nitro groups is 1. The van der Waals surface area contributed by atoms with E-state index in [0.717, 1.165) is 26.2 Å². The summed E-state index contributed by atoms with van der Waals surface area (Å²) in [6.07, 6.45) is 0. The molecule has 17 heavy (non-hydrogen) atoms. The molecule has 1 aromatic carbocycles. The summed E-state index contributed by atoms with van der Waals surface area (Å²) in [6.45, 7) is 3.03. The maximum absolute atomic E-state index is 11.0. The van der Waals surface area contributed by atoms with E-state index in [2.05, 4.69) is 5.32 Å². The lowest BCUT2D eigenvalue weighted by Crippen LogP contribution is -2.43. The van der Waals surface area contributed by atoms with Crippen LogP contribution < -0.4 is 10.2 Å². The SMILES string of the molecule is O=[N+]([O-])c1ccc(CO)cc1N1CCNCC1. The summed E-state index contributed by atoms with van der Waals surface area (Å²) in [6, 6.07) is 4.75. The predicted octanol–water partition coefficient (Wildman–Crippen LogP) is 0.497. The Kier molecular flexibility index (Phi) is 3.55. The van der Waals surface area contributed by atoms with Crippen LogP contribution in [0.25, 0.3) is 0 Å². The second-order valence-electron chi connectivity index (χ2n) is 3.98. The summed E-state index contributed by atoms with van der Waals surface area (Å²) in [7, 11) is 0. The zero-order valence-corrected chi connectivity index (χ0v) is 9.43. The van der Waals surface area contributed by atoms with Crippen LogP contribution in [0.2, 0.25) is 0 Å². The van der Waals surface area contributed by atoms with E-state index in [0.29, 0.717) is 11.3 Å². The number of rotatable bonds is 3. The van der Waals surface area contributed by atoms with Crippen molar-refractivity contribution in [1.82, 2.24) is 5.32 Å². The van der Waals surface area contributed by atoms with Gasteiger partial charge in [0, 0.05) is 32.2 Å². The molecular weight excluding hydrogens is 222 g/mol. The van der Waals surface area contributed by atoms with E-state index in [9.17, 15) is 10.1 Å². The van der Waals surface area contributed by atoms with Crippen LogP contribution in [0.4, 0.5) is 11.4 Å². The number of hydrogen-bond donors (Lipinski definition) is 2. The predicted molar refractivity (Wildman–Crippen MR) is 64.1 cm³/mol. The van der Waals surface area contributed by atoms with E-state index in [-0.39, 0.29) is 17.2 Å². The van der Waals surface area contributed by atoms with Crippen molar-refractivity contribution in [2.75, 3.05) is 31.1 Å². The summed E-state index contributed by atoms with van der Waals surface area (Å²) in [4.78, 5) is 12.6. The average Bonchev–Trinajstić information content (AvgIpc) is 2.39. The molecule has 2 N–H and O–H groups in total. The number of nitrogens with zero attached hydrogens (tertiary/aromatic N) is 2. The molecule has 6 heteroatoms. The highest BCUT2D eigenvalue weighted by Crippen LogP contribution is 2.29. The lowest BCUT2D eigenvalue weighted by Gasteiger charge is -2.29. The smallest absolute Gasteiger partial charge is 0.292 e. The molecule has 0 aliphatic carbocycles. The minimum atomic E-state index is -0.376. The van der Waals surface area contributed by atoms with Crippen LogP contribution in [0.5, 0.6) is 0 Å². The van der Waals surface area contributed by atoms with Crippen LogP contribution >= 0.6 is 0 Å². The molecule has 6 nitrogen and oxygen atoms in total. The fraction of sp³-hybridized carbons (Fsp3) is 0.455. The van der Waals surface area contributed by atoms with Crippen LogP contribution in [0.3, 0.4) is 0 Å². The summed E-state index contributed by atoms with van der Waals surface area (Å²) in [5.74, 6) is 0. The van der Waals surface area contributed by atoms with Gasteiger partial charge in [-0.25, -0.2) is 0 Å². The third-order valence-corrected chi connectivity index (χ3v) is 2.88. The lowest BCUT2D eigenvalue weighted by molar-refractivity contribution is -0.384. The molecule has 0 atom stereocenters. The molecule has 0 bridgehead atoms. The maximum atomic E-state index is 11.0. The molecular formula is C11H15N3O3. The van der Waals surface area contributed by atoms with Crippen molar-refractivity contribution in [3.05, 3.63) is 33.9 Å². The zero-order chi connectivity index (χ0) is 12.3.